The largest absolute Gasteiger partial charge is 0.351 e. The number of carbonyl (C=O) groups is 1. The summed E-state index contributed by atoms with van der Waals surface area (Å²) in [6, 6.07) is 15.9. The van der Waals surface area contributed by atoms with Gasteiger partial charge in [0, 0.05) is 25.7 Å². The molecule has 0 bridgehead atoms. The van der Waals surface area contributed by atoms with E-state index in [1.165, 1.54) is 27.8 Å². The van der Waals surface area contributed by atoms with Crippen LogP contribution in [0.5, 0.6) is 0 Å². The molecule has 1 amide bonds. The molecule has 0 spiro atoms. The first kappa shape index (κ1) is 21.8. The smallest absolute Gasteiger partial charge is 0.269 e. The summed E-state index contributed by atoms with van der Waals surface area (Å²) < 4.78 is 2.34. The van der Waals surface area contributed by atoms with E-state index >= 15 is 0 Å². The molecule has 4 rings (SSSR count). The van der Waals surface area contributed by atoms with Crippen LogP contribution < -0.4 is 5.32 Å². The van der Waals surface area contributed by atoms with Crippen molar-refractivity contribution >= 4 is 16.9 Å². The standard InChI is InChI=1S/C27H30N4O/c1-18-16-19(2)21(4)22(20(18)3)17-31-25-12-6-5-10-23(25)30-26(31)13-9-15-29-27(32)24-11-7-8-14-28-24/h5-8,10-12,14,16H,9,13,15,17H2,1-4H3,(H,29,32). The fraction of sp³-hybridized carbons (Fsp3) is 0.296. The number of carbonyl (C=O) groups excluding carboxylic acids is 1. The lowest BCUT2D eigenvalue weighted by Gasteiger charge is -2.18. The Morgan fingerprint density at radius 3 is 2.41 bits per heavy atom. The quantitative estimate of drug-likeness (QED) is 0.420. The second-order valence-corrected chi connectivity index (χ2v) is 8.42. The van der Waals surface area contributed by atoms with Crippen molar-refractivity contribution in [3.8, 4) is 0 Å². The molecule has 0 radical (unpaired) electrons. The Hall–Kier alpha value is -3.47. The van der Waals surface area contributed by atoms with Crippen LogP contribution in [0, 0.1) is 27.7 Å². The first-order chi connectivity index (χ1) is 15.5. The molecule has 1 N–H and O–H groups in total. The van der Waals surface area contributed by atoms with Gasteiger partial charge in [0.15, 0.2) is 0 Å². The van der Waals surface area contributed by atoms with E-state index in [1.807, 2.05) is 12.1 Å². The van der Waals surface area contributed by atoms with Gasteiger partial charge in [-0.05, 0) is 86.2 Å². The van der Waals surface area contributed by atoms with Crippen LogP contribution in [-0.2, 0) is 13.0 Å². The van der Waals surface area contributed by atoms with E-state index in [0.29, 0.717) is 12.2 Å². The second kappa shape index (κ2) is 9.35. The fourth-order valence-electron chi connectivity index (χ4n) is 4.22. The van der Waals surface area contributed by atoms with Gasteiger partial charge < -0.3 is 9.88 Å². The molecule has 164 valence electrons. The highest BCUT2D eigenvalue weighted by atomic mass is 16.1. The van der Waals surface area contributed by atoms with Gasteiger partial charge in [-0.3, -0.25) is 9.78 Å². The lowest BCUT2D eigenvalue weighted by Crippen LogP contribution is -2.25. The molecule has 4 aromatic rings. The molecule has 5 heteroatoms. The van der Waals surface area contributed by atoms with Gasteiger partial charge in [-0.15, -0.1) is 0 Å². The summed E-state index contributed by atoms with van der Waals surface area (Å²) in [5.74, 6) is 0.914. The summed E-state index contributed by atoms with van der Waals surface area (Å²) in [5, 5.41) is 2.97. The highest BCUT2D eigenvalue weighted by molar-refractivity contribution is 5.92. The minimum atomic E-state index is -0.138. The molecule has 2 aromatic heterocycles. The maximum absolute atomic E-state index is 12.2. The Labute approximate surface area is 189 Å². The van der Waals surface area contributed by atoms with Crippen LogP contribution in [0.1, 0.15) is 50.6 Å². The van der Waals surface area contributed by atoms with Gasteiger partial charge >= 0.3 is 0 Å². The van der Waals surface area contributed by atoms with Crippen molar-refractivity contribution in [2.24, 2.45) is 0 Å². The lowest BCUT2D eigenvalue weighted by molar-refractivity contribution is 0.0948. The van der Waals surface area contributed by atoms with Gasteiger partial charge in [0.05, 0.1) is 11.0 Å². The third-order valence-electron chi connectivity index (χ3n) is 6.33. The Bertz CT molecular complexity index is 1230. The fourth-order valence-corrected chi connectivity index (χ4v) is 4.22. The number of pyridine rings is 1. The number of para-hydroxylation sites is 2. The predicted molar refractivity (Wildman–Crippen MR) is 129 cm³/mol. The summed E-state index contributed by atoms with van der Waals surface area (Å²) in [4.78, 5) is 21.3. The topological polar surface area (TPSA) is 59.8 Å². The second-order valence-electron chi connectivity index (χ2n) is 8.42. The Kier molecular flexibility index (Phi) is 6.35. The number of aryl methyl sites for hydroxylation is 3. The monoisotopic (exact) mass is 426 g/mol. The van der Waals surface area contributed by atoms with Crippen molar-refractivity contribution in [3.05, 3.63) is 94.1 Å². The van der Waals surface area contributed by atoms with Crippen LogP contribution in [0.4, 0.5) is 0 Å². The number of hydrogen-bond donors (Lipinski definition) is 1. The maximum atomic E-state index is 12.2. The molecule has 0 aliphatic heterocycles. The molecule has 0 fully saturated rings. The van der Waals surface area contributed by atoms with Crippen molar-refractivity contribution in [2.45, 2.75) is 47.1 Å². The molecule has 0 aliphatic rings. The Morgan fingerprint density at radius 2 is 1.69 bits per heavy atom. The minimum absolute atomic E-state index is 0.138. The third-order valence-corrected chi connectivity index (χ3v) is 6.33. The zero-order chi connectivity index (χ0) is 22.7. The zero-order valence-electron chi connectivity index (χ0n) is 19.3. The summed E-state index contributed by atoms with van der Waals surface area (Å²) in [6.45, 7) is 10.2. The Balaban J connectivity index is 1.54. The molecule has 5 nitrogen and oxygen atoms in total. The normalized spacial score (nSPS) is 11.1. The van der Waals surface area contributed by atoms with Crippen LogP contribution in [0.25, 0.3) is 11.0 Å². The summed E-state index contributed by atoms with van der Waals surface area (Å²) >= 11 is 0. The third kappa shape index (κ3) is 4.42. The molecule has 2 heterocycles. The number of aromatic nitrogens is 3. The highest BCUT2D eigenvalue weighted by Crippen LogP contribution is 2.25. The number of hydrogen-bond acceptors (Lipinski definition) is 3. The first-order valence-electron chi connectivity index (χ1n) is 11.2. The van der Waals surface area contributed by atoms with E-state index in [0.717, 1.165) is 36.2 Å². The van der Waals surface area contributed by atoms with Crippen LogP contribution >= 0.6 is 0 Å². The highest BCUT2D eigenvalue weighted by Gasteiger charge is 2.15. The van der Waals surface area contributed by atoms with Crippen molar-refractivity contribution in [1.82, 2.24) is 19.9 Å². The molecule has 0 saturated heterocycles. The molecule has 0 saturated carbocycles. The van der Waals surface area contributed by atoms with Crippen LogP contribution in [0.2, 0.25) is 0 Å². The summed E-state index contributed by atoms with van der Waals surface area (Å²) in [5.41, 5.74) is 9.32. The molecule has 2 aromatic carbocycles. The van der Waals surface area contributed by atoms with Crippen molar-refractivity contribution in [3.63, 3.8) is 0 Å². The molecular weight excluding hydrogens is 396 g/mol. The Morgan fingerprint density at radius 1 is 0.969 bits per heavy atom. The summed E-state index contributed by atoms with van der Waals surface area (Å²) in [7, 11) is 0. The van der Waals surface area contributed by atoms with Gasteiger partial charge in [-0.25, -0.2) is 4.98 Å². The van der Waals surface area contributed by atoms with E-state index in [1.54, 1.807) is 18.3 Å². The van der Waals surface area contributed by atoms with Crippen molar-refractivity contribution < 1.29 is 4.79 Å². The number of nitrogens with one attached hydrogen (secondary N) is 1. The van der Waals surface area contributed by atoms with Gasteiger partial charge in [0.1, 0.15) is 11.5 Å². The molecule has 0 aliphatic carbocycles. The SMILES string of the molecule is Cc1cc(C)c(C)c(Cn2c(CCCNC(=O)c3ccccn3)nc3ccccc32)c1C. The van der Waals surface area contributed by atoms with E-state index in [9.17, 15) is 4.79 Å². The minimum Gasteiger partial charge on any atom is -0.351 e. The van der Waals surface area contributed by atoms with E-state index in [2.05, 4.69) is 66.8 Å². The van der Waals surface area contributed by atoms with E-state index < -0.39 is 0 Å². The van der Waals surface area contributed by atoms with Crippen molar-refractivity contribution in [2.75, 3.05) is 6.54 Å². The van der Waals surface area contributed by atoms with Gasteiger partial charge in [0.2, 0.25) is 0 Å². The first-order valence-corrected chi connectivity index (χ1v) is 11.2. The number of imidazole rings is 1. The molecular formula is C27H30N4O. The lowest BCUT2D eigenvalue weighted by atomic mass is 9.94. The molecule has 0 atom stereocenters. The van der Waals surface area contributed by atoms with Gasteiger partial charge in [-0.1, -0.05) is 24.3 Å². The van der Waals surface area contributed by atoms with Gasteiger partial charge in [-0.2, -0.15) is 0 Å². The number of benzene rings is 2. The maximum Gasteiger partial charge on any atom is 0.269 e. The summed E-state index contributed by atoms with van der Waals surface area (Å²) in [6.07, 6.45) is 3.24. The zero-order valence-corrected chi connectivity index (χ0v) is 19.3. The van der Waals surface area contributed by atoms with Crippen LogP contribution in [0.3, 0.4) is 0 Å². The number of fused-ring (bicyclic) bond motifs is 1. The average Bonchev–Trinajstić information content (AvgIpc) is 3.16. The number of nitrogens with zero attached hydrogens (tertiary/aromatic N) is 3. The van der Waals surface area contributed by atoms with E-state index in [-0.39, 0.29) is 5.91 Å². The number of amides is 1. The van der Waals surface area contributed by atoms with Crippen molar-refractivity contribution in [1.29, 1.82) is 0 Å². The molecule has 32 heavy (non-hydrogen) atoms. The van der Waals surface area contributed by atoms with Crippen LogP contribution in [-0.4, -0.2) is 27.0 Å². The van der Waals surface area contributed by atoms with E-state index in [4.69, 9.17) is 4.98 Å². The average molecular weight is 427 g/mol. The predicted octanol–water partition coefficient (Wildman–Crippen LogP) is 5.08. The van der Waals surface area contributed by atoms with Gasteiger partial charge in [0.25, 0.3) is 5.91 Å². The molecule has 0 unspecified atom stereocenters. The number of rotatable bonds is 7. The van der Waals surface area contributed by atoms with Crippen LogP contribution in [0.15, 0.2) is 54.7 Å².